The number of hydrogen-bond donors (Lipinski definition) is 2. The highest BCUT2D eigenvalue weighted by Crippen LogP contribution is 2.18. The molecule has 0 radical (unpaired) electrons. The lowest BCUT2D eigenvalue weighted by Crippen LogP contribution is -2.31. The van der Waals surface area contributed by atoms with Crippen molar-refractivity contribution >= 4 is 21.8 Å². The van der Waals surface area contributed by atoms with Gasteiger partial charge in [-0.25, -0.2) is 4.39 Å². The van der Waals surface area contributed by atoms with Crippen molar-refractivity contribution in [3.63, 3.8) is 0 Å². The minimum atomic E-state index is -0.301. The van der Waals surface area contributed by atoms with Gasteiger partial charge in [0.2, 0.25) is 5.91 Å². The van der Waals surface area contributed by atoms with Crippen molar-refractivity contribution in [3.8, 4) is 0 Å². The molecule has 0 saturated carbocycles. The second kappa shape index (κ2) is 8.87. The first kappa shape index (κ1) is 16.9. The molecular weight excluding hydrogens is 325 g/mol. The SMILES string of the molecule is C=CCCC(=O)NCC(CO)Cc1cc(Br)ccc1F. The Kier molecular flexibility index (Phi) is 7.47. The molecule has 0 bridgehead atoms. The lowest BCUT2D eigenvalue weighted by molar-refractivity contribution is -0.121. The summed E-state index contributed by atoms with van der Waals surface area (Å²) >= 11 is 3.29. The Morgan fingerprint density at radius 1 is 1.55 bits per heavy atom. The lowest BCUT2D eigenvalue weighted by atomic mass is 9.99. The number of halogens is 2. The predicted octanol–water partition coefficient (Wildman–Crippen LogP) is 2.82. The predicted molar refractivity (Wildman–Crippen MR) is 80.8 cm³/mol. The van der Waals surface area contributed by atoms with Gasteiger partial charge in [-0.3, -0.25) is 4.79 Å². The summed E-state index contributed by atoms with van der Waals surface area (Å²) in [5.74, 6) is -0.589. The summed E-state index contributed by atoms with van der Waals surface area (Å²) in [6, 6.07) is 4.71. The Labute approximate surface area is 127 Å². The van der Waals surface area contributed by atoms with Crippen LogP contribution in [0.25, 0.3) is 0 Å². The largest absolute Gasteiger partial charge is 0.396 e. The fraction of sp³-hybridized carbons (Fsp3) is 0.400. The maximum atomic E-state index is 13.6. The van der Waals surface area contributed by atoms with Crippen LogP contribution in [0.3, 0.4) is 0 Å². The van der Waals surface area contributed by atoms with Gasteiger partial charge in [0.15, 0.2) is 0 Å². The van der Waals surface area contributed by atoms with E-state index in [-0.39, 0.29) is 24.2 Å². The van der Waals surface area contributed by atoms with Gasteiger partial charge in [-0.15, -0.1) is 6.58 Å². The van der Waals surface area contributed by atoms with E-state index in [0.29, 0.717) is 31.4 Å². The first-order chi connectivity index (χ1) is 9.56. The molecule has 0 heterocycles. The monoisotopic (exact) mass is 343 g/mol. The zero-order valence-electron chi connectivity index (χ0n) is 11.2. The number of carbonyl (C=O) groups excluding carboxylic acids is 1. The van der Waals surface area contributed by atoms with Crippen LogP contribution in [0.1, 0.15) is 18.4 Å². The molecule has 0 aliphatic heterocycles. The maximum Gasteiger partial charge on any atom is 0.220 e. The van der Waals surface area contributed by atoms with Crippen LogP contribution < -0.4 is 5.32 Å². The average Bonchev–Trinajstić information content (AvgIpc) is 2.44. The molecule has 1 atom stereocenters. The van der Waals surface area contributed by atoms with Crippen LogP contribution in [0.5, 0.6) is 0 Å². The third-order valence-corrected chi connectivity index (χ3v) is 3.43. The molecule has 1 unspecified atom stereocenters. The van der Waals surface area contributed by atoms with Gasteiger partial charge in [-0.1, -0.05) is 22.0 Å². The lowest BCUT2D eigenvalue weighted by Gasteiger charge is -2.15. The van der Waals surface area contributed by atoms with Crippen molar-refractivity contribution in [2.45, 2.75) is 19.3 Å². The average molecular weight is 344 g/mol. The topological polar surface area (TPSA) is 49.3 Å². The Morgan fingerprint density at radius 2 is 2.30 bits per heavy atom. The van der Waals surface area contributed by atoms with Crippen LogP contribution in [-0.4, -0.2) is 24.2 Å². The summed E-state index contributed by atoms with van der Waals surface area (Å²) in [7, 11) is 0. The summed E-state index contributed by atoms with van der Waals surface area (Å²) in [5.41, 5.74) is 0.527. The molecule has 0 aliphatic carbocycles. The number of amides is 1. The highest BCUT2D eigenvalue weighted by molar-refractivity contribution is 9.10. The van der Waals surface area contributed by atoms with Crippen LogP contribution >= 0.6 is 15.9 Å². The second-order valence-electron chi connectivity index (χ2n) is 4.62. The molecule has 1 rings (SSSR count). The fourth-order valence-corrected chi connectivity index (χ4v) is 2.20. The van der Waals surface area contributed by atoms with E-state index < -0.39 is 0 Å². The Morgan fingerprint density at radius 3 is 2.95 bits per heavy atom. The molecule has 1 amide bonds. The Bertz CT molecular complexity index is 465. The number of allylic oxidation sites excluding steroid dienone is 1. The molecule has 1 aromatic carbocycles. The van der Waals surface area contributed by atoms with Crippen LogP contribution in [0.15, 0.2) is 35.3 Å². The highest BCUT2D eigenvalue weighted by atomic mass is 79.9. The second-order valence-corrected chi connectivity index (χ2v) is 5.54. The molecule has 0 fully saturated rings. The van der Waals surface area contributed by atoms with E-state index in [9.17, 15) is 14.3 Å². The summed E-state index contributed by atoms with van der Waals surface area (Å²) < 4.78 is 14.4. The molecule has 3 nitrogen and oxygen atoms in total. The maximum absolute atomic E-state index is 13.6. The van der Waals surface area contributed by atoms with Crippen molar-refractivity contribution in [1.29, 1.82) is 0 Å². The summed E-state index contributed by atoms with van der Waals surface area (Å²) in [6.07, 6.45) is 3.06. The van der Waals surface area contributed by atoms with Gasteiger partial charge in [-0.05, 0) is 36.6 Å². The van der Waals surface area contributed by atoms with Gasteiger partial charge in [0.25, 0.3) is 0 Å². The van der Waals surface area contributed by atoms with E-state index in [4.69, 9.17) is 0 Å². The molecule has 0 spiro atoms. The van der Waals surface area contributed by atoms with Crippen LogP contribution in [-0.2, 0) is 11.2 Å². The van der Waals surface area contributed by atoms with Crippen molar-refractivity contribution in [2.24, 2.45) is 5.92 Å². The van der Waals surface area contributed by atoms with E-state index in [1.165, 1.54) is 6.07 Å². The van der Waals surface area contributed by atoms with E-state index in [1.54, 1.807) is 18.2 Å². The molecule has 110 valence electrons. The molecule has 0 aromatic heterocycles. The van der Waals surface area contributed by atoms with Gasteiger partial charge in [0.05, 0.1) is 0 Å². The van der Waals surface area contributed by atoms with Crippen molar-refractivity contribution in [1.82, 2.24) is 5.32 Å². The first-order valence-electron chi connectivity index (χ1n) is 6.49. The number of benzene rings is 1. The zero-order valence-corrected chi connectivity index (χ0v) is 12.8. The fourth-order valence-electron chi connectivity index (χ4n) is 1.79. The van der Waals surface area contributed by atoms with Crippen LogP contribution in [0.2, 0.25) is 0 Å². The molecule has 20 heavy (non-hydrogen) atoms. The number of nitrogens with one attached hydrogen (secondary N) is 1. The number of aliphatic hydroxyl groups excluding tert-OH is 1. The van der Waals surface area contributed by atoms with Crippen LogP contribution in [0, 0.1) is 11.7 Å². The highest BCUT2D eigenvalue weighted by Gasteiger charge is 2.13. The zero-order chi connectivity index (χ0) is 15.0. The van der Waals surface area contributed by atoms with Gasteiger partial charge in [0.1, 0.15) is 5.82 Å². The van der Waals surface area contributed by atoms with Crippen molar-refractivity contribution in [3.05, 3.63) is 46.7 Å². The van der Waals surface area contributed by atoms with Crippen molar-refractivity contribution < 1.29 is 14.3 Å². The third kappa shape index (κ3) is 5.84. The minimum absolute atomic E-state index is 0.0851. The number of aliphatic hydroxyl groups is 1. The van der Waals surface area contributed by atoms with Gasteiger partial charge in [0, 0.05) is 30.0 Å². The van der Waals surface area contributed by atoms with Crippen LogP contribution in [0.4, 0.5) is 4.39 Å². The molecule has 2 N–H and O–H groups in total. The summed E-state index contributed by atoms with van der Waals surface area (Å²) in [4.78, 5) is 11.5. The van der Waals surface area contributed by atoms with E-state index in [1.807, 2.05) is 0 Å². The molecule has 1 aromatic rings. The molecular formula is C15H19BrFNO2. The Hall–Kier alpha value is -1.20. The smallest absolute Gasteiger partial charge is 0.220 e. The van der Waals surface area contributed by atoms with Crippen molar-refractivity contribution in [2.75, 3.05) is 13.2 Å². The quantitative estimate of drug-likeness (QED) is 0.713. The van der Waals surface area contributed by atoms with E-state index >= 15 is 0 Å². The number of carbonyl (C=O) groups is 1. The summed E-state index contributed by atoms with van der Waals surface area (Å²) in [6.45, 7) is 3.78. The number of hydrogen-bond acceptors (Lipinski definition) is 2. The van der Waals surface area contributed by atoms with E-state index in [2.05, 4.69) is 27.8 Å². The number of rotatable bonds is 8. The van der Waals surface area contributed by atoms with Gasteiger partial charge < -0.3 is 10.4 Å². The molecule has 0 aliphatic rings. The summed E-state index contributed by atoms with van der Waals surface area (Å²) in [5, 5.41) is 12.1. The molecule has 5 heteroatoms. The Balaban J connectivity index is 2.52. The third-order valence-electron chi connectivity index (χ3n) is 2.94. The minimum Gasteiger partial charge on any atom is -0.396 e. The molecule has 0 saturated heterocycles. The van der Waals surface area contributed by atoms with Gasteiger partial charge >= 0.3 is 0 Å². The standard InChI is InChI=1S/C15H19BrFNO2/c1-2-3-4-15(20)18-9-11(10-19)7-12-8-13(16)5-6-14(12)17/h2,5-6,8,11,19H,1,3-4,7,9-10H2,(H,18,20). The normalized spacial score (nSPS) is 11.9. The first-order valence-corrected chi connectivity index (χ1v) is 7.28. The van der Waals surface area contributed by atoms with Gasteiger partial charge in [-0.2, -0.15) is 0 Å². The van der Waals surface area contributed by atoms with E-state index in [0.717, 1.165) is 4.47 Å².